The Balaban J connectivity index is 2.43. The molecule has 3 atom stereocenters. The molecular formula is C16H34N2. The molecule has 0 spiro atoms. The van der Waals surface area contributed by atoms with Gasteiger partial charge in [0.05, 0.1) is 0 Å². The van der Waals surface area contributed by atoms with Crippen molar-refractivity contribution in [2.24, 2.45) is 11.8 Å². The lowest BCUT2D eigenvalue weighted by atomic mass is 9.77. The van der Waals surface area contributed by atoms with Gasteiger partial charge < -0.3 is 10.2 Å². The van der Waals surface area contributed by atoms with Gasteiger partial charge in [-0.1, -0.05) is 40.5 Å². The van der Waals surface area contributed by atoms with Crippen LogP contribution in [0.15, 0.2) is 0 Å². The van der Waals surface area contributed by atoms with Crippen molar-refractivity contribution in [1.82, 2.24) is 10.2 Å². The second-order valence-electron chi connectivity index (χ2n) is 6.35. The zero-order valence-electron chi connectivity index (χ0n) is 13.2. The molecule has 18 heavy (non-hydrogen) atoms. The van der Waals surface area contributed by atoms with Crippen LogP contribution in [0.2, 0.25) is 0 Å². The molecule has 0 bridgehead atoms. The van der Waals surface area contributed by atoms with Crippen LogP contribution in [0.4, 0.5) is 0 Å². The van der Waals surface area contributed by atoms with Gasteiger partial charge in [0.2, 0.25) is 0 Å². The van der Waals surface area contributed by atoms with Crippen LogP contribution in [0.3, 0.4) is 0 Å². The Bertz CT molecular complexity index is 211. The van der Waals surface area contributed by atoms with E-state index in [1.807, 2.05) is 0 Å². The molecule has 3 unspecified atom stereocenters. The first-order chi connectivity index (χ1) is 8.58. The monoisotopic (exact) mass is 254 g/mol. The molecule has 1 aliphatic carbocycles. The second kappa shape index (κ2) is 8.16. The number of likely N-dealkylation sites (N-methyl/N-ethyl adjacent to an activating group) is 1. The third kappa shape index (κ3) is 4.89. The lowest BCUT2D eigenvalue weighted by Gasteiger charge is -2.37. The molecule has 0 heterocycles. The molecule has 108 valence electrons. The van der Waals surface area contributed by atoms with Crippen molar-refractivity contribution in [1.29, 1.82) is 0 Å². The summed E-state index contributed by atoms with van der Waals surface area (Å²) in [5.74, 6) is 1.71. The Morgan fingerprint density at radius 2 is 1.67 bits per heavy atom. The summed E-state index contributed by atoms with van der Waals surface area (Å²) in [4.78, 5) is 2.52. The predicted octanol–water partition coefficient (Wildman–Crippen LogP) is 3.52. The molecule has 1 aliphatic rings. The van der Waals surface area contributed by atoms with Crippen LogP contribution in [0.25, 0.3) is 0 Å². The molecule has 0 aliphatic heterocycles. The van der Waals surface area contributed by atoms with Gasteiger partial charge in [-0.2, -0.15) is 0 Å². The van der Waals surface area contributed by atoms with Crippen molar-refractivity contribution < 1.29 is 0 Å². The smallest absolute Gasteiger partial charge is 0.0169 e. The number of rotatable bonds is 7. The summed E-state index contributed by atoms with van der Waals surface area (Å²) in [5, 5.41) is 3.91. The Hall–Kier alpha value is -0.0800. The minimum absolute atomic E-state index is 0.620. The standard InChI is InChI=1S/C16H34N2/c1-6-18(7-2)12-14(5)17-16-11-9-8-10-15(16)13(3)4/h13-17H,6-12H2,1-5H3. The summed E-state index contributed by atoms with van der Waals surface area (Å²) >= 11 is 0. The van der Waals surface area contributed by atoms with E-state index < -0.39 is 0 Å². The van der Waals surface area contributed by atoms with E-state index in [2.05, 4.69) is 44.8 Å². The van der Waals surface area contributed by atoms with E-state index in [0.717, 1.165) is 17.9 Å². The molecule has 1 rings (SSSR count). The maximum atomic E-state index is 3.91. The molecule has 1 saturated carbocycles. The van der Waals surface area contributed by atoms with Crippen molar-refractivity contribution in [3.05, 3.63) is 0 Å². The van der Waals surface area contributed by atoms with Crippen LogP contribution in [0.1, 0.15) is 60.3 Å². The normalized spacial score (nSPS) is 26.8. The van der Waals surface area contributed by atoms with Crippen LogP contribution in [-0.4, -0.2) is 36.6 Å². The zero-order chi connectivity index (χ0) is 13.5. The topological polar surface area (TPSA) is 15.3 Å². The number of nitrogens with one attached hydrogen (secondary N) is 1. The molecule has 0 aromatic heterocycles. The first kappa shape index (κ1) is 16.0. The van der Waals surface area contributed by atoms with E-state index in [9.17, 15) is 0 Å². The fourth-order valence-electron chi connectivity index (χ4n) is 3.45. The highest BCUT2D eigenvalue weighted by Crippen LogP contribution is 2.30. The van der Waals surface area contributed by atoms with Gasteiger partial charge in [0.25, 0.3) is 0 Å². The highest BCUT2D eigenvalue weighted by molar-refractivity contribution is 4.85. The summed E-state index contributed by atoms with van der Waals surface area (Å²) < 4.78 is 0. The van der Waals surface area contributed by atoms with E-state index in [1.54, 1.807) is 0 Å². The molecule has 0 saturated heterocycles. The molecule has 1 fully saturated rings. The number of hydrogen-bond acceptors (Lipinski definition) is 2. The van der Waals surface area contributed by atoms with Gasteiger partial charge in [-0.25, -0.2) is 0 Å². The maximum Gasteiger partial charge on any atom is 0.0169 e. The van der Waals surface area contributed by atoms with Crippen LogP contribution in [0.5, 0.6) is 0 Å². The number of nitrogens with zero attached hydrogens (tertiary/aromatic N) is 1. The Morgan fingerprint density at radius 3 is 2.22 bits per heavy atom. The van der Waals surface area contributed by atoms with Crippen molar-refractivity contribution in [3.63, 3.8) is 0 Å². The van der Waals surface area contributed by atoms with E-state index in [-0.39, 0.29) is 0 Å². The summed E-state index contributed by atoms with van der Waals surface area (Å²) in [5.41, 5.74) is 0. The number of hydrogen-bond donors (Lipinski definition) is 1. The van der Waals surface area contributed by atoms with Crippen LogP contribution in [0, 0.1) is 11.8 Å². The summed E-state index contributed by atoms with van der Waals surface area (Å²) in [6.07, 6.45) is 5.66. The van der Waals surface area contributed by atoms with Crippen molar-refractivity contribution in [2.75, 3.05) is 19.6 Å². The van der Waals surface area contributed by atoms with Gasteiger partial charge >= 0.3 is 0 Å². The van der Waals surface area contributed by atoms with Gasteiger partial charge in [0.15, 0.2) is 0 Å². The van der Waals surface area contributed by atoms with Gasteiger partial charge in [-0.15, -0.1) is 0 Å². The van der Waals surface area contributed by atoms with E-state index >= 15 is 0 Å². The van der Waals surface area contributed by atoms with Crippen molar-refractivity contribution in [3.8, 4) is 0 Å². The summed E-state index contributed by atoms with van der Waals surface area (Å²) in [7, 11) is 0. The average molecular weight is 254 g/mol. The molecule has 2 heteroatoms. The second-order valence-corrected chi connectivity index (χ2v) is 6.35. The zero-order valence-corrected chi connectivity index (χ0v) is 13.2. The highest BCUT2D eigenvalue weighted by atomic mass is 15.1. The Kier molecular flexibility index (Phi) is 7.25. The molecule has 2 nitrogen and oxygen atoms in total. The quantitative estimate of drug-likeness (QED) is 0.748. The third-order valence-electron chi connectivity index (χ3n) is 4.60. The van der Waals surface area contributed by atoms with Gasteiger partial charge in [-0.05, 0) is 44.7 Å². The van der Waals surface area contributed by atoms with Crippen LogP contribution < -0.4 is 5.32 Å². The lowest BCUT2D eigenvalue weighted by Crippen LogP contribution is -2.48. The molecule has 1 N–H and O–H groups in total. The lowest BCUT2D eigenvalue weighted by molar-refractivity contribution is 0.178. The minimum Gasteiger partial charge on any atom is -0.310 e. The van der Waals surface area contributed by atoms with Crippen LogP contribution in [-0.2, 0) is 0 Å². The van der Waals surface area contributed by atoms with Crippen molar-refractivity contribution >= 4 is 0 Å². The Labute approximate surface area is 115 Å². The van der Waals surface area contributed by atoms with Gasteiger partial charge in [-0.3, -0.25) is 0 Å². The van der Waals surface area contributed by atoms with Gasteiger partial charge in [0.1, 0.15) is 0 Å². The molecule has 0 amide bonds. The van der Waals surface area contributed by atoms with Gasteiger partial charge in [0, 0.05) is 18.6 Å². The van der Waals surface area contributed by atoms with Crippen molar-refractivity contribution in [2.45, 2.75) is 72.4 Å². The fourth-order valence-corrected chi connectivity index (χ4v) is 3.45. The molecule has 0 radical (unpaired) electrons. The fraction of sp³-hybridized carbons (Fsp3) is 1.00. The minimum atomic E-state index is 0.620. The summed E-state index contributed by atoms with van der Waals surface area (Å²) in [6, 6.07) is 1.37. The Morgan fingerprint density at radius 1 is 1.06 bits per heavy atom. The SMILES string of the molecule is CCN(CC)CC(C)NC1CCCCC1C(C)C. The van der Waals surface area contributed by atoms with Crippen LogP contribution >= 0.6 is 0 Å². The first-order valence-electron chi connectivity index (χ1n) is 8.06. The third-order valence-corrected chi connectivity index (χ3v) is 4.60. The van der Waals surface area contributed by atoms with E-state index in [1.165, 1.54) is 45.3 Å². The molecule has 0 aromatic carbocycles. The summed E-state index contributed by atoms with van der Waals surface area (Å²) in [6.45, 7) is 15.2. The highest BCUT2D eigenvalue weighted by Gasteiger charge is 2.28. The molecular weight excluding hydrogens is 220 g/mol. The molecule has 0 aromatic rings. The average Bonchev–Trinajstić information content (AvgIpc) is 2.36. The maximum absolute atomic E-state index is 3.91. The van der Waals surface area contributed by atoms with E-state index in [0.29, 0.717) is 6.04 Å². The first-order valence-corrected chi connectivity index (χ1v) is 8.06. The largest absolute Gasteiger partial charge is 0.310 e. The predicted molar refractivity (Wildman–Crippen MR) is 81.0 cm³/mol. The van der Waals surface area contributed by atoms with E-state index in [4.69, 9.17) is 0 Å².